The van der Waals surface area contributed by atoms with Gasteiger partial charge in [-0.05, 0) is 38.3 Å². The first kappa shape index (κ1) is 19.4. The van der Waals surface area contributed by atoms with Crippen LogP contribution in [-0.2, 0) is 10.0 Å². The predicted molar refractivity (Wildman–Crippen MR) is 112 cm³/mol. The molecular formula is C19H25N5O2S2. The molecule has 1 aliphatic rings. The van der Waals surface area contributed by atoms with Crippen LogP contribution in [0.5, 0.6) is 0 Å². The number of piperidine rings is 1. The molecule has 1 N–H and O–H groups in total. The summed E-state index contributed by atoms with van der Waals surface area (Å²) in [5.74, 6) is 0.378. The van der Waals surface area contributed by atoms with Crippen LogP contribution in [-0.4, -0.2) is 53.9 Å². The van der Waals surface area contributed by atoms with Crippen LogP contribution in [0.2, 0.25) is 0 Å². The largest absolute Gasteiger partial charge is 0.369 e. The Morgan fingerprint density at radius 2 is 2.11 bits per heavy atom. The van der Waals surface area contributed by atoms with Gasteiger partial charge in [0.25, 0.3) is 10.0 Å². The average Bonchev–Trinajstić information content (AvgIpc) is 3.27. The van der Waals surface area contributed by atoms with Gasteiger partial charge in [-0.25, -0.2) is 18.4 Å². The van der Waals surface area contributed by atoms with E-state index in [1.54, 1.807) is 17.4 Å². The minimum Gasteiger partial charge on any atom is -0.369 e. The first-order valence-electron chi connectivity index (χ1n) is 9.38. The number of H-pyrrole nitrogens is 1. The third-order valence-corrected chi connectivity index (χ3v) is 9.16. The van der Waals surface area contributed by atoms with Crippen molar-refractivity contribution >= 4 is 38.1 Å². The summed E-state index contributed by atoms with van der Waals surface area (Å²) in [6.07, 6.45) is 4.49. The van der Waals surface area contributed by atoms with Gasteiger partial charge in [0.05, 0.1) is 10.7 Å². The summed E-state index contributed by atoms with van der Waals surface area (Å²) in [7, 11) is -1.49. The molecule has 9 heteroatoms. The van der Waals surface area contributed by atoms with Crippen LogP contribution in [0.1, 0.15) is 24.0 Å². The summed E-state index contributed by atoms with van der Waals surface area (Å²) in [5.41, 5.74) is 2.49. The number of hydrogen-bond acceptors (Lipinski definition) is 6. The number of pyridine rings is 1. The Hall–Kier alpha value is -1.97. The molecule has 28 heavy (non-hydrogen) atoms. The Labute approximate surface area is 169 Å². The molecule has 1 aliphatic heterocycles. The molecule has 0 bridgehead atoms. The van der Waals surface area contributed by atoms with Gasteiger partial charge in [0.15, 0.2) is 4.21 Å². The lowest BCUT2D eigenvalue weighted by Gasteiger charge is -2.42. The number of rotatable bonds is 4. The summed E-state index contributed by atoms with van der Waals surface area (Å²) in [6, 6.07) is 4.09. The number of hydrogen-bond donors (Lipinski definition) is 1. The Morgan fingerprint density at radius 1 is 1.32 bits per heavy atom. The quantitative estimate of drug-likeness (QED) is 0.702. The van der Waals surface area contributed by atoms with Crippen molar-refractivity contribution in [1.82, 2.24) is 19.3 Å². The van der Waals surface area contributed by atoms with Gasteiger partial charge in [-0.15, -0.1) is 11.3 Å². The van der Waals surface area contributed by atoms with Crippen molar-refractivity contribution in [3.8, 4) is 0 Å². The Balaban J connectivity index is 1.65. The van der Waals surface area contributed by atoms with Crippen molar-refractivity contribution in [3.63, 3.8) is 0 Å². The lowest BCUT2D eigenvalue weighted by atomic mass is 9.93. The number of nitrogens with one attached hydrogen (secondary N) is 1. The molecule has 0 aromatic carbocycles. The molecule has 2 unspecified atom stereocenters. The van der Waals surface area contributed by atoms with E-state index in [1.165, 1.54) is 11.3 Å². The van der Waals surface area contributed by atoms with Crippen LogP contribution in [0.15, 0.2) is 28.7 Å². The van der Waals surface area contributed by atoms with Crippen molar-refractivity contribution in [2.24, 2.45) is 5.92 Å². The van der Waals surface area contributed by atoms with Crippen molar-refractivity contribution < 1.29 is 8.42 Å². The molecular weight excluding hydrogens is 394 g/mol. The van der Waals surface area contributed by atoms with Crippen molar-refractivity contribution in [2.75, 3.05) is 25.0 Å². The third-order valence-electron chi connectivity index (χ3n) is 5.63. The lowest BCUT2D eigenvalue weighted by Crippen LogP contribution is -2.52. The van der Waals surface area contributed by atoms with E-state index in [1.807, 2.05) is 32.3 Å². The second kappa shape index (κ2) is 7.13. The zero-order chi connectivity index (χ0) is 20.1. The number of aryl methyl sites for hydroxylation is 2. The van der Waals surface area contributed by atoms with Gasteiger partial charge < -0.3 is 9.88 Å². The third kappa shape index (κ3) is 3.21. The fraction of sp³-hybridized carbons (Fsp3) is 0.474. The highest BCUT2D eigenvalue weighted by atomic mass is 32.2. The van der Waals surface area contributed by atoms with E-state index in [-0.39, 0.29) is 6.04 Å². The molecule has 2 atom stereocenters. The average molecular weight is 420 g/mol. The highest BCUT2D eigenvalue weighted by Crippen LogP contribution is 2.33. The Kier molecular flexibility index (Phi) is 4.93. The molecule has 0 radical (unpaired) electrons. The van der Waals surface area contributed by atoms with Gasteiger partial charge in [0.1, 0.15) is 5.65 Å². The summed E-state index contributed by atoms with van der Waals surface area (Å²) >= 11 is 1.26. The topological polar surface area (TPSA) is 82.2 Å². The van der Waals surface area contributed by atoms with Crippen molar-refractivity contribution in [1.29, 1.82) is 0 Å². The minimum atomic E-state index is -3.53. The van der Waals surface area contributed by atoms with Crippen LogP contribution in [0, 0.1) is 19.8 Å². The van der Waals surface area contributed by atoms with Crippen LogP contribution < -0.4 is 4.90 Å². The summed E-state index contributed by atoms with van der Waals surface area (Å²) in [6.45, 7) is 6.82. The van der Waals surface area contributed by atoms with Gasteiger partial charge in [-0.1, -0.05) is 6.92 Å². The fourth-order valence-electron chi connectivity index (χ4n) is 4.04. The molecule has 4 heterocycles. The number of thiazole rings is 1. The van der Waals surface area contributed by atoms with Crippen LogP contribution in [0.3, 0.4) is 0 Å². The minimum absolute atomic E-state index is 0.0818. The Bertz CT molecular complexity index is 1100. The van der Waals surface area contributed by atoms with Crippen molar-refractivity contribution in [3.05, 3.63) is 35.2 Å². The maximum Gasteiger partial charge on any atom is 0.254 e. The zero-order valence-electron chi connectivity index (χ0n) is 16.5. The SMILES string of the molecule is Cc1nc(C)c(S(=O)(=O)N2CCC(C)C(N(C)c3ccnc4[nH]ccc34)C2)s1. The molecule has 150 valence electrons. The molecule has 7 nitrogen and oxygen atoms in total. The summed E-state index contributed by atoms with van der Waals surface area (Å²) in [5, 5.41) is 1.83. The highest BCUT2D eigenvalue weighted by Gasteiger charge is 2.37. The standard InChI is InChI=1S/C19H25N5O2S2/c1-12-7-10-24(28(25,26)19-13(2)22-14(3)27-19)11-17(12)23(4)16-6-9-21-18-15(16)5-8-20-18/h5-6,8-9,12,17H,7,10-11H2,1-4H3,(H,20,21). The van der Waals surface area contributed by atoms with Gasteiger partial charge in [-0.2, -0.15) is 4.31 Å². The van der Waals surface area contributed by atoms with Crippen molar-refractivity contribution in [2.45, 2.75) is 37.4 Å². The number of fused-ring (bicyclic) bond motifs is 1. The van der Waals surface area contributed by atoms with E-state index in [0.29, 0.717) is 28.9 Å². The first-order valence-corrected chi connectivity index (χ1v) is 11.6. The number of anilines is 1. The maximum absolute atomic E-state index is 13.3. The van der Waals surface area contributed by atoms with Crippen LogP contribution in [0.25, 0.3) is 11.0 Å². The number of likely N-dealkylation sites (N-methyl/N-ethyl adjacent to an activating group) is 1. The number of sulfonamides is 1. The smallest absolute Gasteiger partial charge is 0.254 e. The second-order valence-electron chi connectivity index (χ2n) is 7.48. The molecule has 4 rings (SSSR count). The summed E-state index contributed by atoms with van der Waals surface area (Å²) in [4.78, 5) is 14.0. The summed E-state index contributed by atoms with van der Waals surface area (Å²) < 4.78 is 28.5. The first-order chi connectivity index (χ1) is 13.3. The second-order valence-corrected chi connectivity index (χ2v) is 10.8. The zero-order valence-corrected chi connectivity index (χ0v) is 18.1. The van der Waals surface area contributed by atoms with Crippen LogP contribution in [0.4, 0.5) is 5.69 Å². The Morgan fingerprint density at radius 3 is 2.82 bits per heavy atom. The molecule has 0 aliphatic carbocycles. The van der Waals surface area contributed by atoms with E-state index in [9.17, 15) is 8.42 Å². The number of aromatic nitrogens is 3. The van der Waals surface area contributed by atoms with Crippen LogP contribution >= 0.6 is 11.3 Å². The van der Waals surface area contributed by atoms with Gasteiger partial charge in [0.2, 0.25) is 0 Å². The van der Waals surface area contributed by atoms with E-state index in [4.69, 9.17) is 0 Å². The lowest BCUT2D eigenvalue weighted by molar-refractivity contribution is 0.248. The maximum atomic E-state index is 13.3. The molecule has 0 saturated carbocycles. The molecule has 3 aromatic rings. The van der Waals surface area contributed by atoms with E-state index in [0.717, 1.165) is 28.1 Å². The van der Waals surface area contributed by atoms with Gasteiger partial charge >= 0.3 is 0 Å². The number of nitrogens with zero attached hydrogens (tertiary/aromatic N) is 4. The van der Waals surface area contributed by atoms with E-state index in [2.05, 4.69) is 26.8 Å². The normalized spacial score (nSPS) is 21.3. The molecule has 1 fully saturated rings. The predicted octanol–water partition coefficient (Wildman–Crippen LogP) is 3.17. The fourth-order valence-corrected chi connectivity index (χ4v) is 7.14. The van der Waals surface area contributed by atoms with Gasteiger partial charge in [-0.3, -0.25) is 0 Å². The molecule has 1 saturated heterocycles. The molecule has 3 aromatic heterocycles. The monoisotopic (exact) mass is 419 g/mol. The van der Waals surface area contributed by atoms with E-state index < -0.39 is 10.0 Å². The highest BCUT2D eigenvalue weighted by molar-refractivity contribution is 7.91. The molecule has 0 amide bonds. The molecule has 0 spiro atoms. The van der Waals surface area contributed by atoms with E-state index >= 15 is 0 Å². The van der Waals surface area contributed by atoms with Gasteiger partial charge in [0, 0.05) is 49.6 Å². The number of aromatic amines is 1.